The number of rotatable bonds is 3. The van der Waals surface area contributed by atoms with Crippen LogP contribution in [-0.2, 0) is 4.74 Å². The van der Waals surface area contributed by atoms with Crippen LogP contribution in [0.3, 0.4) is 0 Å². The Balaban J connectivity index is 2.60. The van der Waals surface area contributed by atoms with Gasteiger partial charge in [0.2, 0.25) is 0 Å². The van der Waals surface area contributed by atoms with E-state index in [1.54, 1.807) is 6.07 Å². The summed E-state index contributed by atoms with van der Waals surface area (Å²) in [6, 6.07) is 3.60. The molecule has 0 aromatic heterocycles. The lowest BCUT2D eigenvalue weighted by Gasteiger charge is -2.09. The molecule has 0 bridgehead atoms. The van der Waals surface area contributed by atoms with Crippen molar-refractivity contribution in [1.29, 1.82) is 0 Å². The Kier molecular flexibility index (Phi) is 2.70. The van der Waals surface area contributed by atoms with Gasteiger partial charge >= 0.3 is 5.97 Å². The third-order valence-electron chi connectivity index (χ3n) is 2.63. The lowest BCUT2D eigenvalue weighted by molar-refractivity contribution is -0.704. The highest BCUT2D eigenvalue weighted by atomic mass is 16.6. The second-order valence-corrected chi connectivity index (χ2v) is 3.42. The zero-order valence-electron chi connectivity index (χ0n) is 9.44. The van der Waals surface area contributed by atoms with E-state index in [9.17, 15) is 4.79 Å². The molecule has 0 unspecified atom stereocenters. The maximum atomic E-state index is 11.7. The van der Waals surface area contributed by atoms with Crippen LogP contribution in [0.2, 0.25) is 0 Å². The van der Waals surface area contributed by atoms with Crippen molar-refractivity contribution in [2.24, 2.45) is 0 Å². The van der Waals surface area contributed by atoms with Gasteiger partial charge in [-0.2, -0.15) is 0 Å². The fraction of sp³-hybridized carbons (Fsp3) is 0.364. The summed E-state index contributed by atoms with van der Waals surface area (Å²) in [5.41, 5.74) is 1.29. The molecule has 2 rings (SSSR count). The molecule has 0 amide bonds. The third kappa shape index (κ3) is 1.40. The highest BCUT2D eigenvalue weighted by Crippen LogP contribution is 2.39. The lowest BCUT2D eigenvalue weighted by Crippen LogP contribution is -2.81. The predicted octanol–water partition coefficient (Wildman–Crippen LogP) is 0.0660. The largest absolute Gasteiger partial charge is 0.493 e. The van der Waals surface area contributed by atoms with Crippen LogP contribution in [0.4, 0.5) is 0 Å². The van der Waals surface area contributed by atoms with E-state index in [0.29, 0.717) is 17.1 Å². The number of fused-ring (bicyclic) bond motifs is 1. The Morgan fingerprint density at radius 3 is 2.62 bits per heavy atom. The number of cyclic esters (lactones) is 1. The van der Waals surface area contributed by atoms with Crippen LogP contribution in [0.25, 0.3) is 0 Å². The fourth-order valence-corrected chi connectivity index (χ4v) is 1.88. The van der Waals surface area contributed by atoms with Crippen LogP contribution in [0, 0.1) is 0 Å². The molecular weight excluding hydrogens is 210 g/mol. The molecule has 1 aromatic carbocycles. The van der Waals surface area contributed by atoms with Gasteiger partial charge in [0.1, 0.15) is 5.56 Å². The van der Waals surface area contributed by atoms with Crippen molar-refractivity contribution in [3.63, 3.8) is 0 Å². The highest BCUT2D eigenvalue weighted by Gasteiger charge is 2.37. The first-order valence-corrected chi connectivity index (χ1v) is 4.98. The minimum atomic E-state index is -0.367. The number of quaternary nitrogens is 1. The van der Waals surface area contributed by atoms with E-state index in [4.69, 9.17) is 14.2 Å². The Hall–Kier alpha value is -1.75. The molecule has 0 saturated carbocycles. The van der Waals surface area contributed by atoms with Gasteiger partial charge in [0.15, 0.2) is 11.5 Å². The van der Waals surface area contributed by atoms with E-state index >= 15 is 0 Å². The second kappa shape index (κ2) is 4.02. The number of carbonyl (C=O) groups is 1. The zero-order valence-corrected chi connectivity index (χ0v) is 9.44. The summed E-state index contributed by atoms with van der Waals surface area (Å²) < 4.78 is 15.5. The van der Waals surface area contributed by atoms with Gasteiger partial charge in [-0.3, -0.25) is 0 Å². The van der Waals surface area contributed by atoms with E-state index in [1.807, 2.05) is 18.4 Å². The number of ether oxygens (including phenoxy) is 3. The zero-order chi connectivity index (χ0) is 11.7. The summed E-state index contributed by atoms with van der Waals surface area (Å²) in [7, 11) is 4.89. The monoisotopic (exact) mass is 224 g/mol. The van der Waals surface area contributed by atoms with Crippen molar-refractivity contribution >= 4 is 5.97 Å². The normalized spacial score (nSPS) is 17.9. The van der Waals surface area contributed by atoms with Crippen molar-refractivity contribution in [2.75, 3.05) is 21.3 Å². The molecule has 0 fully saturated rings. The highest BCUT2D eigenvalue weighted by molar-refractivity contribution is 5.97. The number of hydrogen-bond acceptors (Lipinski definition) is 4. The summed E-state index contributed by atoms with van der Waals surface area (Å²) in [6.45, 7) is 0. The number of benzene rings is 1. The maximum absolute atomic E-state index is 11.7. The average molecular weight is 224 g/mol. The molecule has 1 aliphatic rings. The molecule has 86 valence electrons. The number of nitrogens with two attached hydrogens (primary N) is 1. The molecule has 16 heavy (non-hydrogen) atoms. The molecule has 0 aliphatic carbocycles. The van der Waals surface area contributed by atoms with Gasteiger partial charge in [0, 0.05) is 0 Å². The summed E-state index contributed by atoms with van der Waals surface area (Å²) in [5.74, 6) is 0.609. The molecule has 1 aliphatic heterocycles. The maximum Gasteiger partial charge on any atom is 0.347 e. The van der Waals surface area contributed by atoms with Crippen LogP contribution in [0.15, 0.2) is 12.1 Å². The first kappa shape index (κ1) is 10.8. The first-order chi connectivity index (χ1) is 7.72. The van der Waals surface area contributed by atoms with E-state index in [1.165, 1.54) is 14.2 Å². The van der Waals surface area contributed by atoms with Gasteiger partial charge in [0.25, 0.3) is 6.23 Å². The predicted molar refractivity (Wildman–Crippen MR) is 55.6 cm³/mol. The van der Waals surface area contributed by atoms with Crippen LogP contribution < -0.4 is 14.8 Å². The topological polar surface area (TPSA) is 61.4 Å². The van der Waals surface area contributed by atoms with Gasteiger partial charge in [-0.1, -0.05) is 0 Å². The number of hydrogen-bond donors (Lipinski definition) is 1. The van der Waals surface area contributed by atoms with Gasteiger partial charge in [-0.25, -0.2) is 4.79 Å². The van der Waals surface area contributed by atoms with Crippen molar-refractivity contribution in [2.45, 2.75) is 6.23 Å². The first-order valence-electron chi connectivity index (χ1n) is 4.98. The van der Waals surface area contributed by atoms with Crippen molar-refractivity contribution in [3.05, 3.63) is 23.3 Å². The van der Waals surface area contributed by atoms with Gasteiger partial charge in [-0.15, -0.1) is 0 Å². The van der Waals surface area contributed by atoms with E-state index in [2.05, 4.69) is 0 Å². The molecule has 1 aromatic rings. The van der Waals surface area contributed by atoms with Gasteiger partial charge in [0.05, 0.1) is 26.8 Å². The van der Waals surface area contributed by atoms with Crippen molar-refractivity contribution in [3.8, 4) is 11.5 Å². The Morgan fingerprint density at radius 1 is 1.31 bits per heavy atom. The van der Waals surface area contributed by atoms with Gasteiger partial charge < -0.3 is 19.5 Å². The number of carbonyl (C=O) groups excluding carboxylic acids is 1. The smallest absolute Gasteiger partial charge is 0.347 e. The van der Waals surface area contributed by atoms with Crippen LogP contribution in [0.1, 0.15) is 22.1 Å². The molecule has 0 saturated heterocycles. The molecule has 1 atom stereocenters. The minimum absolute atomic E-state index is 0.290. The number of esters is 1. The Labute approximate surface area is 93.3 Å². The Bertz CT molecular complexity index is 430. The standard InChI is InChI=1S/C11H13NO4/c1-12-10-6-4-5-7(14-2)9(15-3)8(6)11(13)16-10/h4-5,10,12H,1-3H3/p+1/t10-/m0/s1. The van der Waals surface area contributed by atoms with Crippen LogP contribution in [-0.4, -0.2) is 27.2 Å². The molecule has 2 N–H and O–H groups in total. The molecule has 5 nitrogen and oxygen atoms in total. The van der Waals surface area contributed by atoms with E-state index < -0.39 is 0 Å². The third-order valence-corrected chi connectivity index (χ3v) is 2.63. The SMILES string of the molecule is C[NH2+][C@H]1OC(=O)c2c1ccc(OC)c2OC. The number of methoxy groups -OCH3 is 2. The van der Waals surface area contributed by atoms with E-state index in [0.717, 1.165) is 5.56 Å². The van der Waals surface area contributed by atoms with Crippen LogP contribution >= 0.6 is 0 Å². The van der Waals surface area contributed by atoms with Crippen molar-refractivity contribution < 1.29 is 24.3 Å². The van der Waals surface area contributed by atoms with E-state index in [-0.39, 0.29) is 12.2 Å². The fourth-order valence-electron chi connectivity index (χ4n) is 1.88. The summed E-state index contributed by atoms with van der Waals surface area (Å²) in [5, 5.41) is 1.83. The summed E-state index contributed by atoms with van der Waals surface area (Å²) in [4.78, 5) is 11.7. The molecule has 0 spiro atoms. The molecule has 5 heteroatoms. The summed E-state index contributed by atoms with van der Waals surface area (Å²) in [6.07, 6.45) is -0.290. The lowest BCUT2D eigenvalue weighted by atomic mass is 10.1. The second-order valence-electron chi connectivity index (χ2n) is 3.42. The minimum Gasteiger partial charge on any atom is -0.493 e. The molecular formula is C11H14NO4+. The summed E-state index contributed by atoms with van der Waals surface area (Å²) >= 11 is 0. The van der Waals surface area contributed by atoms with Gasteiger partial charge in [-0.05, 0) is 12.1 Å². The molecule has 0 radical (unpaired) electrons. The van der Waals surface area contributed by atoms with Crippen molar-refractivity contribution in [1.82, 2.24) is 0 Å². The quantitative estimate of drug-likeness (QED) is 0.738. The Morgan fingerprint density at radius 2 is 2.06 bits per heavy atom. The average Bonchev–Trinajstić information content (AvgIpc) is 2.65. The molecule has 1 heterocycles. The van der Waals surface area contributed by atoms with Crippen LogP contribution in [0.5, 0.6) is 11.5 Å².